The lowest BCUT2D eigenvalue weighted by Crippen LogP contribution is -2.22. The molecule has 0 saturated carbocycles. The van der Waals surface area contributed by atoms with Crippen molar-refractivity contribution in [1.82, 2.24) is 5.32 Å². The van der Waals surface area contributed by atoms with Crippen LogP contribution in [0.3, 0.4) is 0 Å². The lowest BCUT2D eigenvalue weighted by molar-refractivity contribution is 0.496. The molecule has 3 heteroatoms. The minimum Gasteiger partial charge on any atom is -0.319 e. The highest BCUT2D eigenvalue weighted by molar-refractivity contribution is 9.10. The summed E-state index contributed by atoms with van der Waals surface area (Å²) in [5.41, 5.74) is 1.40. The summed E-state index contributed by atoms with van der Waals surface area (Å²) in [6, 6.07) is 13.1. The van der Waals surface area contributed by atoms with Gasteiger partial charge in [0.15, 0.2) is 0 Å². The van der Waals surface area contributed by atoms with E-state index in [4.69, 9.17) is 0 Å². The molecule has 0 amide bonds. The standard InChI is InChI=1S/C17H22BrNS/c1-3-15-8-9-16(20-15)11-13(12-19-2)10-14-6-4-5-7-17(14)18/h4-9,13,19H,3,10-12H2,1-2H3. The van der Waals surface area contributed by atoms with Gasteiger partial charge in [0.1, 0.15) is 0 Å². The average Bonchev–Trinajstić information content (AvgIpc) is 2.89. The summed E-state index contributed by atoms with van der Waals surface area (Å²) >= 11 is 5.62. The molecule has 1 nitrogen and oxygen atoms in total. The second-order valence-electron chi connectivity index (χ2n) is 5.14. The fourth-order valence-corrected chi connectivity index (χ4v) is 4.01. The fourth-order valence-electron chi connectivity index (χ4n) is 2.49. The number of aryl methyl sites for hydroxylation is 1. The first-order chi connectivity index (χ1) is 9.72. The van der Waals surface area contributed by atoms with Crippen molar-refractivity contribution in [3.05, 3.63) is 56.2 Å². The van der Waals surface area contributed by atoms with E-state index in [2.05, 4.69) is 64.6 Å². The third-order valence-electron chi connectivity index (χ3n) is 3.51. The third-order valence-corrected chi connectivity index (χ3v) is 5.54. The van der Waals surface area contributed by atoms with E-state index in [1.807, 2.05) is 18.4 Å². The molecule has 20 heavy (non-hydrogen) atoms. The molecular weight excluding hydrogens is 330 g/mol. The highest BCUT2D eigenvalue weighted by Gasteiger charge is 2.13. The molecule has 0 bridgehead atoms. The molecule has 2 aromatic rings. The Hall–Kier alpha value is -0.640. The molecule has 1 unspecified atom stereocenters. The van der Waals surface area contributed by atoms with Gasteiger partial charge in [-0.25, -0.2) is 0 Å². The van der Waals surface area contributed by atoms with Crippen LogP contribution in [0.15, 0.2) is 40.9 Å². The van der Waals surface area contributed by atoms with Crippen LogP contribution in [0.2, 0.25) is 0 Å². The van der Waals surface area contributed by atoms with E-state index in [0.717, 1.165) is 25.8 Å². The first-order valence-electron chi connectivity index (χ1n) is 7.18. The smallest absolute Gasteiger partial charge is 0.0207 e. The summed E-state index contributed by atoms with van der Waals surface area (Å²) in [5.74, 6) is 0.641. The van der Waals surface area contributed by atoms with E-state index in [-0.39, 0.29) is 0 Å². The van der Waals surface area contributed by atoms with Gasteiger partial charge in [-0.1, -0.05) is 41.1 Å². The van der Waals surface area contributed by atoms with Gasteiger partial charge in [-0.05, 0) is 62.5 Å². The molecule has 108 valence electrons. The van der Waals surface area contributed by atoms with Crippen LogP contribution in [0.4, 0.5) is 0 Å². The molecule has 0 aliphatic heterocycles. The van der Waals surface area contributed by atoms with Crippen molar-refractivity contribution in [3.63, 3.8) is 0 Å². The minimum absolute atomic E-state index is 0.641. The molecular formula is C17H22BrNS. The number of hydrogen-bond acceptors (Lipinski definition) is 2. The van der Waals surface area contributed by atoms with E-state index in [0.29, 0.717) is 5.92 Å². The first-order valence-corrected chi connectivity index (χ1v) is 8.79. The van der Waals surface area contributed by atoms with Gasteiger partial charge >= 0.3 is 0 Å². The number of halogens is 1. The zero-order chi connectivity index (χ0) is 14.4. The van der Waals surface area contributed by atoms with Crippen LogP contribution >= 0.6 is 27.3 Å². The number of rotatable bonds is 7. The van der Waals surface area contributed by atoms with Gasteiger partial charge < -0.3 is 5.32 Å². The molecule has 0 spiro atoms. The Balaban J connectivity index is 2.05. The fraction of sp³-hybridized carbons (Fsp3) is 0.412. The summed E-state index contributed by atoms with van der Waals surface area (Å²) in [7, 11) is 2.04. The molecule has 1 aromatic heterocycles. The average molecular weight is 352 g/mol. The van der Waals surface area contributed by atoms with Gasteiger partial charge in [0.05, 0.1) is 0 Å². The summed E-state index contributed by atoms with van der Waals surface area (Å²) in [4.78, 5) is 3.00. The second-order valence-corrected chi connectivity index (χ2v) is 7.25. The molecule has 1 N–H and O–H groups in total. The molecule has 1 atom stereocenters. The Morgan fingerprint density at radius 2 is 1.85 bits per heavy atom. The lowest BCUT2D eigenvalue weighted by Gasteiger charge is -2.16. The van der Waals surface area contributed by atoms with Crippen molar-refractivity contribution in [3.8, 4) is 0 Å². The van der Waals surface area contributed by atoms with Crippen molar-refractivity contribution in [2.24, 2.45) is 5.92 Å². The second kappa shape index (κ2) is 7.96. The van der Waals surface area contributed by atoms with Crippen molar-refractivity contribution >= 4 is 27.3 Å². The number of nitrogens with one attached hydrogen (secondary N) is 1. The Morgan fingerprint density at radius 3 is 2.50 bits per heavy atom. The van der Waals surface area contributed by atoms with Crippen LogP contribution in [0.25, 0.3) is 0 Å². The molecule has 0 aliphatic carbocycles. The van der Waals surface area contributed by atoms with Crippen LogP contribution in [0, 0.1) is 5.92 Å². The molecule has 0 radical (unpaired) electrons. The van der Waals surface area contributed by atoms with Gasteiger partial charge in [-0.15, -0.1) is 11.3 Å². The predicted octanol–water partition coefficient (Wildman–Crippen LogP) is 4.69. The third kappa shape index (κ3) is 4.44. The number of benzene rings is 1. The number of thiophene rings is 1. The van der Waals surface area contributed by atoms with Gasteiger partial charge in [0, 0.05) is 14.2 Å². The largest absolute Gasteiger partial charge is 0.319 e. The van der Waals surface area contributed by atoms with Crippen LogP contribution in [-0.4, -0.2) is 13.6 Å². The van der Waals surface area contributed by atoms with Crippen LogP contribution in [-0.2, 0) is 19.3 Å². The normalized spacial score (nSPS) is 12.6. The molecule has 1 aromatic carbocycles. The molecule has 2 rings (SSSR count). The first kappa shape index (κ1) is 15.7. The summed E-state index contributed by atoms with van der Waals surface area (Å²) in [6.07, 6.45) is 3.42. The topological polar surface area (TPSA) is 12.0 Å². The van der Waals surface area contributed by atoms with Gasteiger partial charge in [-0.3, -0.25) is 0 Å². The number of hydrogen-bond donors (Lipinski definition) is 1. The van der Waals surface area contributed by atoms with Crippen molar-refractivity contribution in [2.75, 3.05) is 13.6 Å². The van der Waals surface area contributed by atoms with Gasteiger partial charge in [0.25, 0.3) is 0 Å². The van der Waals surface area contributed by atoms with Gasteiger partial charge in [-0.2, -0.15) is 0 Å². The lowest BCUT2D eigenvalue weighted by atomic mass is 9.95. The highest BCUT2D eigenvalue weighted by atomic mass is 79.9. The Labute approximate surface area is 134 Å². The Morgan fingerprint density at radius 1 is 1.10 bits per heavy atom. The van der Waals surface area contributed by atoms with Crippen LogP contribution < -0.4 is 5.32 Å². The molecule has 0 fully saturated rings. The maximum Gasteiger partial charge on any atom is 0.0207 e. The Kier molecular flexibility index (Phi) is 6.27. The van der Waals surface area contributed by atoms with E-state index in [1.165, 1.54) is 19.8 Å². The minimum atomic E-state index is 0.641. The SMILES string of the molecule is CCc1ccc(CC(CNC)Cc2ccccc2Br)s1. The Bertz CT molecular complexity index is 535. The zero-order valence-corrected chi connectivity index (χ0v) is 14.6. The van der Waals surface area contributed by atoms with Crippen molar-refractivity contribution in [2.45, 2.75) is 26.2 Å². The van der Waals surface area contributed by atoms with Crippen LogP contribution in [0.5, 0.6) is 0 Å². The summed E-state index contributed by atoms with van der Waals surface area (Å²) in [5, 5.41) is 3.34. The van der Waals surface area contributed by atoms with E-state index in [9.17, 15) is 0 Å². The predicted molar refractivity (Wildman–Crippen MR) is 92.7 cm³/mol. The van der Waals surface area contributed by atoms with Gasteiger partial charge in [0.2, 0.25) is 0 Å². The highest BCUT2D eigenvalue weighted by Crippen LogP contribution is 2.24. The van der Waals surface area contributed by atoms with Crippen LogP contribution in [0.1, 0.15) is 22.2 Å². The van der Waals surface area contributed by atoms with E-state index < -0.39 is 0 Å². The summed E-state index contributed by atoms with van der Waals surface area (Å²) in [6.45, 7) is 3.28. The molecule has 1 heterocycles. The van der Waals surface area contributed by atoms with Crippen molar-refractivity contribution < 1.29 is 0 Å². The summed E-state index contributed by atoms with van der Waals surface area (Å²) < 4.78 is 1.22. The quantitative estimate of drug-likeness (QED) is 0.762. The van der Waals surface area contributed by atoms with E-state index in [1.54, 1.807) is 0 Å². The monoisotopic (exact) mass is 351 g/mol. The maximum absolute atomic E-state index is 3.66. The zero-order valence-electron chi connectivity index (χ0n) is 12.2. The van der Waals surface area contributed by atoms with Crippen molar-refractivity contribution in [1.29, 1.82) is 0 Å². The molecule has 0 saturated heterocycles. The maximum atomic E-state index is 3.66. The molecule has 0 aliphatic rings. The van der Waals surface area contributed by atoms with E-state index >= 15 is 0 Å².